The van der Waals surface area contributed by atoms with Gasteiger partial charge in [0.05, 0.1) is 17.3 Å². The van der Waals surface area contributed by atoms with Crippen LogP contribution in [0.2, 0.25) is 0 Å². The second kappa shape index (κ2) is 9.51. The SMILES string of the molecule is CC(=O)C[C@]1(O)C(=O)C2=C(O[C@@H]3Oc4c(C(C)C)cc5c(c4O[C@]23C)C[C@@]23CCCC(C)(C)[C@@H]2C[C@H]5O3)c2ccc3c(C)cccc3c21. The van der Waals surface area contributed by atoms with Crippen molar-refractivity contribution in [2.75, 3.05) is 0 Å². The van der Waals surface area contributed by atoms with Gasteiger partial charge < -0.3 is 24.1 Å². The number of aliphatic hydroxyl groups is 1. The molecule has 4 aliphatic heterocycles. The minimum absolute atomic E-state index is 0.0248. The van der Waals surface area contributed by atoms with Crippen LogP contribution in [0.1, 0.15) is 119 Å². The molecule has 1 saturated heterocycles. The van der Waals surface area contributed by atoms with E-state index in [1.807, 2.05) is 44.2 Å². The summed E-state index contributed by atoms with van der Waals surface area (Å²) < 4.78 is 27.7. The van der Waals surface area contributed by atoms with Crippen LogP contribution in [0.25, 0.3) is 16.5 Å². The summed E-state index contributed by atoms with van der Waals surface area (Å²) in [4.78, 5) is 27.6. The molecule has 3 aromatic rings. The maximum absolute atomic E-state index is 14.9. The largest absolute Gasteiger partial charge is 0.470 e. The van der Waals surface area contributed by atoms with Crippen LogP contribution in [-0.4, -0.2) is 34.2 Å². The Morgan fingerprint density at radius 2 is 1.83 bits per heavy atom. The van der Waals surface area contributed by atoms with Gasteiger partial charge in [-0.25, -0.2) is 0 Å². The molecule has 0 unspecified atom stereocenters. The van der Waals surface area contributed by atoms with Gasteiger partial charge in [0.15, 0.2) is 17.1 Å². The molecule has 6 aliphatic rings. The highest BCUT2D eigenvalue weighted by atomic mass is 16.7. The maximum Gasteiger partial charge on any atom is 0.285 e. The van der Waals surface area contributed by atoms with Gasteiger partial charge in [-0.1, -0.05) is 64.4 Å². The van der Waals surface area contributed by atoms with Crippen molar-refractivity contribution in [1.82, 2.24) is 0 Å². The van der Waals surface area contributed by atoms with Crippen LogP contribution >= 0.6 is 0 Å². The molecular weight excluding hydrogens is 604 g/mol. The van der Waals surface area contributed by atoms with Gasteiger partial charge in [0, 0.05) is 35.1 Å². The summed E-state index contributed by atoms with van der Waals surface area (Å²) in [5.74, 6) is 1.38. The van der Waals surface area contributed by atoms with E-state index in [9.17, 15) is 14.7 Å². The molecule has 2 aliphatic carbocycles. The lowest BCUT2D eigenvalue weighted by atomic mass is 9.60. The Hall–Kier alpha value is -3.68. The first-order valence-corrected chi connectivity index (χ1v) is 17.6. The lowest BCUT2D eigenvalue weighted by Gasteiger charge is -2.49. The van der Waals surface area contributed by atoms with Crippen molar-refractivity contribution in [3.63, 3.8) is 0 Å². The molecule has 7 nitrogen and oxygen atoms in total. The number of carbonyl (C=O) groups excluding carboxylic acids is 2. The quantitative estimate of drug-likeness (QED) is 0.309. The zero-order valence-electron chi connectivity index (χ0n) is 28.9. The van der Waals surface area contributed by atoms with E-state index in [2.05, 4.69) is 33.8 Å². The lowest BCUT2D eigenvalue weighted by molar-refractivity contribution is -0.148. The van der Waals surface area contributed by atoms with Crippen LogP contribution in [-0.2, 0) is 31.1 Å². The average molecular weight is 649 g/mol. The third kappa shape index (κ3) is 3.72. The molecule has 48 heavy (non-hydrogen) atoms. The summed E-state index contributed by atoms with van der Waals surface area (Å²) in [5.41, 5.74) is 1.95. The van der Waals surface area contributed by atoms with Crippen LogP contribution in [0.5, 0.6) is 11.5 Å². The van der Waals surface area contributed by atoms with E-state index >= 15 is 0 Å². The lowest BCUT2D eigenvalue weighted by Crippen LogP contribution is -2.55. The van der Waals surface area contributed by atoms with Crippen molar-refractivity contribution in [3.8, 4) is 11.5 Å². The molecule has 0 radical (unpaired) electrons. The number of ketones is 2. The zero-order valence-corrected chi connectivity index (χ0v) is 28.9. The summed E-state index contributed by atoms with van der Waals surface area (Å²) in [7, 11) is 0. The molecule has 0 amide bonds. The van der Waals surface area contributed by atoms with E-state index in [0.717, 1.165) is 58.7 Å². The van der Waals surface area contributed by atoms with Crippen LogP contribution in [0, 0.1) is 18.3 Å². The van der Waals surface area contributed by atoms with Gasteiger partial charge in [-0.15, -0.1) is 0 Å². The summed E-state index contributed by atoms with van der Waals surface area (Å²) in [6, 6.07) is 11.9. The van der Waals surface area contributed by atoms with Crippen molar-refractivity contribution in [2.24, 2.45) is 11.3 Å². The van der Waals surface area contributed by atoms with Crippen molar-refractivity contribution >= 4 is 28.1 Å². The Morgan fingerprint density at radius 3 is 2.58 bits per heavy atom. The molecular formula is C41H44O7. The van der Waals surface area contributed by atoms with Gasteiger partial charge in [0.2, 0.25) is 11.4 Å². The molecule has 9 rings (SSSR count). The van der Waals surface area contributed by atoms with Gasteiger partial charge in [-0.3, -0.25) is 9.59 Å². The predicted octanol–water partition coefficient (Wildman–Crippen LogP) is 7.90. The molecule has 3 aromatic carbocycles. The van der Waals surface area contributed by atoms with Gasteiger partial charge in [-0.2, -0.15) is 0 Å². The molecule has 2 fully saturated rings. The average Bonchev–Trinajstić information content (AvgIpc) is 3.50. The first-order valence-electron chi connectivity index (χ1n) is 17.6. The van der Waals surface area contributed by atoms with E-state index in [-0.39, 0.29) is 40.8 Å². The fourth-order valence-corrected chi connectivity index (χ4v) is 10.4. The summed E-state index contributed by atoms with van der Waals surface area (Å²) in [6.07, 6.45) is 3.68. The molecule has 1 spiro atoms. The number of carbonyl (C=O) groups is 2. The van der Waals surface area contributed by atoms with Crippen molar-refractivity contribution in [1.29, 1.82) is 0 Å². The molecule has 7 heteroatoms. The molecule has 250 valence electrons. The summed E-state index contributed by atoms with van der Waals surface area (Å²) >= 11 is 0. The Balaban J connectivity index is 1.24. The highest BCUT2D eigenvalue weighted by molar-refractivity contribution is 6.16. The fourth-order valence-electron chi connectivity index (χ4n) is 10.4. The number of hydrogen-bond acceptors (Lipinski definition) is 7. The van der Waals surface area contributed by atoms with E-state index < -0.39 is 23.3 Å². The second-order valence-corrected chi connectivity index (χ2v) is 16.5. The highest BCUT2D eigenvalue weighted by Crippen LogP contribution is 2.65. The zero-order chi connectivity index (χ0) is 33.7. The molecule has 1 N–H and O–H groups in total. The normalized spacial score (nSPS) is 33.5. The number of benzene rings is 3. The molecule has 4 heterocycles. The first kappa shape index (κ1) is 30.4. The first-order chi connectivity index (χ1) is 22.7. The standard InChI is InChI=1S/C41H44O7/c1-20(2)26-16-27-28(19-40-15-9-14-38(5,6)30(40)17-29(27)47-40)35-34(26)46-37-39(7,48-35)32-33(45-37)25-13-12-23-21(3)10-8-11-24(23)31(25)41(44,36(32)43)18-22(4)42/h8,10-13,16,20,29-30,37,44H,9,14-15,17-19H2,1-7H3/t29-,30+,37-,39-,40+,41-/m1/s1. The smallest absolute Gasteiger partial charge is 0.285 e. The second-order valence-electron chi connectivity index (χ2n) is 16.5. The van der Waals surface area contributed by atoms with E-state index in [4.69, 9.17) is 18.9 Å². The number of hydrogen-bond donors (Lipinski definition) is 1. The third-order valence-electron chi connectivity index (χ3n) is 12.7. The van der Waals surface area contributed by atoms with Crippen molar-refractivity contribution < 1.29 is 33.6 Å². The maximum atomic E-state index is 14.9. The van der Waals surface area contributed by atoms with Crippen molar-refractivity contribution in [2.45, 2.75) is 122 Å². The number of aryl methyl sites for hydroxylation is 1. The van der Waals surface area contributed by atoms with Crippen LogP contribution in [0.15, 0.2) is 42.0 Å². The Kier molecular flexibility index (Phi) is 6.02. The Morgan fingerprint density at radius 1 is 1.04 bits per heavy atom. The van der Waals surface area contributed by atoms with E-state index in [1.54, 1.807) is 0 Å². The van der Waals surface area contributed by atoms with Crippen LogP contribution in [0.4, 0.5) is 0 Å². The minimum atomic E-state index is -2.09. The number of ether oxygens (including phenoxy) is 4. The highest BCUT2D eigenvalue weighted by Gasteiger charge is 2.65. The summed E-state index contributed by atoms with van der Waals surface area (Å²) in [6.45, 7) is 14.3. The topological polar surface area (TPSA) is 91.3 Å². The van der Waals surface area contributed by atoms with Crippen LogP contribution < -0.4 is 9.47 Å². The molecule has 0 aromatic heterocycles. The van der Waals surface area contributed by atoms with Gasteiger partial charge in [-0.05, 0) is 85.3 Å². The van der Waals surface area contributed by atoms with Crippen LogP contribution in [0.3, 0.4) is 0 Å². The minimum Gasteiger partial charge on any atom is -0.470 e. The Labute approximate surface area is 281 Å². The number of rotatable bonds is 3. The van der Waals surface area contributed by atoms with Gasteiger partial charge >= 0.3 is 0 Å². The molecule has 2 bridgehead atoms. The summed E-state index contributed by atoms with van der Waals surface area (Å²) in [5, 5.41) is 14.1. The predicted molar refractivity (Wildman–Crippen MR) is 181 cm³/mol. The fraction of sp³-hybridized carbons (Fsp3) is 0.512. The molecule has 6 atom stereocenters. The third-order valence-corrected chi connectivity index (χ3v) is 12.7. The van der Waals surface area contributed by atoms with E-state index in [0.29, 0.717) is 34.3 Å². The van der Waals surface area contributed by atoms with E-state index in [1.165, 1.54) is 13.3 Å². The van der Waals surface area contributed by atoms with Gasteiger partial charge in [0.1, 0.15) is 11.5 Å². The Bertz CT molecular complexity index is 2020. The van der Waals surface area contributed by atoms with Gasteiger partial charge in [0.25, 0.3) is 6.29 Å². The molecule has 1 saturated carbocycles. The van der Waals surface area contributed by atoms with Crippen molar-refractivity contribution in [3.05, 3.63) is 75.4 Å². The number of Topliss-reactive ketones (excluding diaryl/α,β-unsaturated/α-hetero) is 2. The monoisotopic (exact) mass is 648 g/mol. The number of fused-ring (bicyclic) bond motifs is 11.